The van der Waals surface area contributed by atoms with Crippen LogP contribution in [0.2, 0.25) is 0 Å². The largest absolute Gasteiger partial charge is 0.472 e. The summed E-state index contributed by atoms with van der Waals surface area (Å²) in [5, 5.41) is 0. The number of rotatable bonds is 66. The molecule has 0 fully saturated rings. The standard InChI is InChI=1S/C72H136NO8P/c1-6-8-10-12-14-16-18-20-22-24-25-26-27-28-29-30-31-32-33-34-35-36-37-38-39-40-41-42-43-44-45-46-47-49-50-52-54-56-58-60-62-64-71(74)78-68-70(69-80-82(76,77)79-67-66-73(3,4)5)81-72(75)65-63-61-59-57-55-53-51-48-23-21-19-17-15-13-11-9-7-2/h9,11,15,17,21,23,51,53,70H,6-8,10,12-14,16,18-20,22,24-50,52,54-69H2,1-5H3/p+1/b11-9-,17-15-,23-21-,53-51-. The third kappa shape index (κ3) is 67.1. The lowest BCUT2D eigenvalue weighted by Gasteiger charge is -2.24. The van der Waals surface area contributed by atoms with Gasteiger partial charge in [0.25, 0.3) is 0 Å². The van der Waals surface area contributed by atoms with E-state index in [9.17, 15) is 19.0 Å². The molecule has 0 aromatic carbocycles. The summed E-state index contributed by atoms with van der Waals surface area (Å²) in [6.45, 7) is 4.34. The molecule has 0 saturated carbocycles. The number of unbranched alkanes of at least 4 members (excludes halogenated alkanes) is 44. The molecule has 0 spiro atoms. The first-order valence-corrected chi connectivity index (χ1v) is 36.9. The van der Waals surface area contributed by atoms with Gasteiger partial charge in [0.15, 0.2) is 6.10 Å². The second kappa shape index (κ2) is 63.5. The Morgan fingerprint density at radius 1 is 0.390 bits per heavy atom. The van der Waals surface area contributed by atoms with Gasteiger partial charge in [0.1, 0.15) is 19.8 Å². The highest BCUT2D eigenvalue weighted by Crippen LogP contribution is 2.43. The minimum Gasteiger partial charge on any atom is -0.462 e. The lowest BCUT2D eigenvalue weighted by molar-refractivity contribution is -0.870. The van der Waals surface area contributed by atoms with Gasteiger partial charge in [-0.2, -0.15) is 0 Å². The molecule has 0 aliphatic carbocycles. The minimum atomic E-state index is -4.39. The fourth-order valence-electron chi connectivity index (χ4n) is 10.5. The van der Waals surface area contributed by atoms with E-state index in [-0.39, 0.29) is 32.0 Å². The molecule has 82 heavy (non-hydrogen) atoms. The van der Waals surface area contributed by atoms with Gasteiger partial charge in [-0.05, 0) is 51.4 Å². The number of likely N-dealkylation sites (N-methyl/N-ethyl adjacent to an activating group) is 1. The van der Waals surface area contributed by atoms with E-state index in [0.29, 0.717) is 17.4 Å². The van der Waals surface area contributed by atoms with Crippen LogP contribution in [0, 0.1) is 0 Å². The van der Waals surface area contributed by atoms with Crippen LogP contribution in [0.25, 0.3) is 0 Å². The molecule has 10 heteroatoms. The summed E-state index contributed by atoms with van der Waals surface area (Å²) in [6.07, 6.45) is 82.6. The predicted octanol–water partition coefficient (Wildman–Crippen LogP) is 22.8. The number of phosphoric ester groups is 1. The van der Waals surface area contributed by atoms with E-state index in [1.165, 1.54) is 244 Å². The lowest BCUT2D eigenvalue weighted by Crippen LogP contribution is -2.37. The highest BCUT2D eigenvalue weighted by molar-refractivity contribution is 7.47. The third-order valence-corrected chi connectivity index (χ3v) is 16.9. The highest BCUT2D eigenvalue weighted by atomic mass is 31.2. The number of ether oxygens (including phenoxy) is 2. The van der Waals surface area contributed by atoms with Gasteiger partial charge in [-0.3, -0.25) is 18.6 Å². The van der Waals surface area contributed by atoms with Gasteiger partial charge < -0.3 is 18.9 Å². The molecule has 1 N–H and O–H groups in total. The van der Waals surface area contributed by atoms with Crippen molar-refractivity contribution in [2.45, 2.75) is 354 Å². The molecular formula is C72H137NO8P+. The maximum absolute atomic E-state index is 12.8. The van der Waals surface area contributed by atoms with Crippen molar-refractivity contribution in [1.29, 1.82) is 0 Å². The van der Waals surface area contributed by atoms with Crippen molar-refractivity contribution in [3.63, 3.8) is 0 Å². The Hall–Kier alpha value is -2.03. The zero-order valence-corrected chi connectivity index (χ0v) is 55.9. The highest BCUT2D eigenvalue weighted by Gasteiger charge is 2.27. The Morgan fingerprint density at radius 3 is 1.04 bits per heavy atom. The molecular weight excluding hydrogens is 1040 g/mol. The van der Waals surface area contributed by atoms with E-state index in [1.807, 2.05) is 21.1 Å². The van der Waals surface area contributed by atoms with Crippen LogP contribution in [0.5, 0.6) is 0 Å². The topological polar surface area (TPSA) is 108 Å². The number of phosphoric acid groups is 1. The molecule has 2 unspecified atom stereocenters. The van der Waals surface area contributed by atoms with Crippen LogP contribution in [-0.2, 0) is 32.7 Å². The van der Waals surface area contributed by atoms with Crippen molar-refractivity contribution < 1.29 is 42.1 Å². The van der Waals surface area contributed by atoms with Crippen molar-refractivity contribution >= 4 is 19.8 Å². The molecule has 0 aliphatic heterocycles. The summed E-state index contributed by atoms with van der Waals surface area (Å²) in [4.78, 5) is 35.7. The zero-order valence-electron chi connectivity index (χ0n) is 55.0. The van der Waals surface area contributed by atoms with Crippen molar-refractivity contribution in [2.24, 2.45) is 0 Å². The molecule has 0 bridgehead atoms. The Bertz CT molecular complexity index is 1520. The summed E-state index contributed by atoms with van der Waals surface area (Å²) in [6, 6.07) is 0. The monoisotopic (exact) mass is 1180 g/mol. The first-order valence-electron chi connectivity index (χ1n) is 35.4. The van der Waals surface area contributed by atoms with Crippen LogP contribution in [0.4, 0.5) is 0 Å². The van der Waals surface area contributed by atoms with Crippen molar-refractivity contribution in [3.8, 4) is 0 Å². The molecule has 482 valence electrons. The zero-order chi connectivity index (χ0) is 59.8. The van der Waals surface area contributed by atoms with Gasteiger partial charge in [-0.1, -0.05) is 332 Å². The summed E-state index contributed by atoms with van der Waals surface area (Å²) in [5.41, 5.74) is 0. The second-order valence-electron chi connectivity index (χ2n) is 25.3. The molecule has 0 saturated heterocycles. The summed E-state index contributed by atoms with van der Waals surface area (Å²) >= 11 is 0. The smallest absolute Gasteiger partial charge is 0.462 e. The summed E-state index contributed by atoms with van der Waals surface area (Å²) in [5.74, 6) is -0.813. The number of quaternary nitrogens is 1. The van der Waals surface area contributed by atoms with Gasteiger partial charge in [0, 0.05) is 12.8 Å². The normalized spacial score (nSPS) is 13.4. The molecule has 0 amide bonds. The third-order valence-electron chi connectivity index (χ3n) is 15.9. The van der Waals surface area contributed by atoms with Crippen LogP contribution in [0.1, 0.15) is 348 Å². The van der Waals surface area contributed by atoms with E-state index in [2.05, 4.69) is 62.5 Å². The summed E-state index contributed by atoms with van der Waals surface area (Å²) in [7, 11) is 1.47. The maximum Gasteiger partial charge on any atom is 0.472 e. The number of esters is 2. The molecule has 0 aromatic heterocycles. The van der Waals surface area contributed by atoms with E-state index in [4.69, 9.17) is 18.5 Å². The first-order chi connectivity index (χ1) is 40.0. The Labute approximate surface area is 509 Å². The number of hydrogen-bond donors (Lipinski definition) is 1. The Balaban J connectivity index is 3.84. The van der Waals surface area contributed by atoms with Gasteiger partial charge in [0.05, 0.1) is 27.7 Å². The van der Waals surface area contributed by atoms with Gasteiger partial charge in [-0.15, -0.1) is 0 Å². The summed E-state index contributed by atoms with van der Waals surface area (Å²) < 4.78 is 34.6. The van der Waals surface area contributed by atoms with Crippen LogP contribution in [-0.4, -0.2) is 74.9 Å². The molecule has 0 heterocycles. The van der Waals surface area contributed by atoms with Crippen molar-refractivity contribution in [2.75, 3.05) is 47.5 Å². The number of carbonyl (C=O) groups excluding carboxylic acids is 2. The van der Waals surface area contributed by atoms with Gasteiger partial charge in [-0.25, -0.2) is 4.57 Å². The maximum atomic E-state index is 12.8. The van der Waals surface area contributed by atoms with Crippen molar-refractivity contribution in [3.05, 3.63) is 48.6 Å². The quantitative estimate of drug-likeness (QED) is 0.0211. The molecule has 2 atom stereocenters. The van der Waals surface area contributed by atoms with Crippen molar-refractivity contribution in [1.82, 2.24) is 0 Å². The first kappa shape index (κ1) is 80.0. The van der Waals surface area contributed by atoms with E-state index in [0.717, 1.165) is 70.6 Å². The Morgan fingerprint density at radius 2 is 0.695 bits per heavy atom. The lowest BCUT2D eigenvalue weighted by atomic mass is 10.0. The van der Waals surface area contributed by atoms with Crippen LogP contribution < -0.4 is 0 Å². The number of carbonyl (C=O) groups is 2. The Kier molecular flexibility index (Phi) is 61.9. The minimum absolute atomic E-state index is 0.0266. The predicted molar refractivity (Wildman–Crippen MR) is 353 cm³/mol. The van der Waals surface area contributed by atoms with Gasteiger partial charge in [0.2, 0.25) is 0 Å². The van der Waals surface area contributed by atoms with Crippen LogP contribution in [0.15, 0.2) is 48.6 Å². The number of nitrogens with zero attached hydrogens (tertiary/aromatic N) is 1. The fraction of sp³-hybridized carbons (Fsp3) is 0.861. The average molecular weight is 1180 g/mol. The molecule has 9 nitrogen and oxygen atoms in total. The SMILES string of the molecule is CC/C=C\C/C=C\C/C=C\C/C=C\CCCCCCC(=O)OC(COC(=O)CCCCCCCCCCCCCCCCCCCCCCCCCCCCCCCCCCCCCCCCCCC)COP(=O)(O)OCC[N+](C)(C)C. The fourth-order valence-corrected chi connectivity index (χ4v) is 11.2. The number of hydrogen-bond acceptors (Lipinski definition) is 7. The van der Waals surface area contributed by atoms with E-state index < -0.39 is 26.5 Å². The molecule has 0 aliphatic rings. The van der Waals surface area contributed by atoms with Gasteiger partial charge >= 0.3 is 19.8 Å². The molecule has 0 aromatic rings. The van der Waals surface area contributed by atoms with Crippen LogP contribution in [0.3, 0.4) is 0 Å². The average Bonchev–Trinajstić information content (AvgIpc) is 3.46. The van der Waals surface area contributed by atoms with Crippen LogP contribution >= 0.6 is 7.82 Å². The molecule has 0 rings (SSSR count). The van der Waals surface area contributed by atoms with E-state index in [1.54, 1.807) is 0 Å². The number of allylic oxidation sites excluding steroid dienone is 8. The van der Waals surface area contributed by atoms with E-state index >= 15 is 0 Å². The second-order valence-corrected chi connectivity index (χ2v) is 26.7. The molecule has 0 radical (unpaired) electrons.